The van der Waals surface area contributed by atoms with Crippen LogP contribution < -0.4 is 10.9 Å². The Labute approximate surface area is 143 Å². The van der Waals surface area contributed by atoms with E-state index < -0.39 is 5.82 Å². The van der Waals surface area contributed by atoms with Gasteiger partial charge in [0.2, 0.25) is 0 Å². The molecule has 5 nitrogen and oxygen atoms in total. The molecular formula is C19H19FN4O. The van der Waals surface area contributed by atoms with Gasteiger partial charge in [-0.1, -0.05) is 30.3 Å². The highest BCUT2D eigenvalue weighted by Crippen LogP contribution is 2.43. The summed E-state index contributed by atoms with van der Waals surface area (Å²) in [5.41, 5.74) is 2.47. The predicted octanol–water partition coefficient (Wildman–Crippen LogP) is 2.40. The molecule has 0 saturated carbocycles. The first-order chi connectivity index (χ1) is 12.2. The van der Waals surface area contributed by atoms with Crippen molar-refractivity contribution in [3.05, 3.63) is 57.8 Å². The molecule has 1 aliphatic carbocycles. The van der Waals surface area contributed by atoms with Crippen LogP contribution >= 0.6 is 0 Å². The fourth-order valence-electron chi connectivity index (χ4n) is 4.49. The second-order valence-electron chi connectivity index (χ2n) is 7.09. The second-order valence-corrected chi connectivity index (χ2v) is 7.09. The summed E-state index contributed by atoms with van der Waals surface area (Å²) in [5.74, 6) is -0.461. The van der Waals surface area contributed by atoms with Crippen LogP contribution in [0.2, 0.25) is 0 Å². The molecular weight excluding hydrogens is 319 g/mol. The number of benzene rings is 1. The normalized spacial score (nSPS) is 18.8. The van der Waals surface area contributed by atoms with Crippen molar-refractivity contribution in [2.75, 3.05) is 13.1 Å². The van der Waals surface area contributed by atoms with Crippen LogP contribution in [-0.2, 0) is 11.8 Å². The fourth-order valence-corrected chi connectivity index (χ4v) is 4.49. The van der Waals surface area contributed by atoms with Crippen LogP contribution in [-0.4, -0.2) is 27.7 Å². The van der Waals surface area contributed by atoms with Gasteiger partial charge in [-0.3, -0.25) is 9.89 Å². The standard InChI is InChI=1S/C19H19FN4O/c20-15-16(12-4-2-1-3-5-12)23-24-17(15)22-13-6-7-19(14(13)18(24)25)8-10-21-11-9-19/h1-5,21,23H,6-11H2. The van der Waals surface area contributed by atoms with E-state index in [4.69, 9.17) is 0 Å². The molecule has 0 amide bonds. The van der Waals surface area contributed by atoms with Crippen molar-refractivity contribution in [1.82, 2.24) is 19.9 Å². The Kier molecular flexibility index (Phi) is 3.12. The van der Waals surface area contributed by atoms with E-state index in [1.807, 2.05) is 30.3 Å². The van der Waals surface area contributed by atoms with E-state index in [0.29, 0.717) is 11.3 Å². The molecule has 1 aromatic carbocycles. The summed E-state index contributed by atoms with van der Waals surface area (Å²) < 4.78 is 16.2. The molecule has 2 aromatic heterocycles. The third kappa shape index (κ3) is 2.03. The number of aryl methyl sites for hydroxylation is 1. The molecule has 3 aromatic rings. The molecule has 1 saturated heterocycles. The molecule has 5 rings (SSSR count). The lowest BCUT2D eigenvalue weighted by atomic mass is 9.75. The average molecular weight is 338 g/mol. The predicted molar refractivity (Wildman–Crippen MR) is 93.3 cm³/mol. The maximum atomic E-state index is 14.9. The Hall–Kier alpha value is -2.47. The maximum absolute atomic E-state index is 14.9. The zero-order valence-electron chi connectivity index (χ0n) is 13.8. The van der Waals surface area contributed by atoms with E-state index in [1.165, 1.54) is 4.52 Å². The number of aromatic amines is 1. The average Bonchev–Trinajstić information content (AvgIpc) is 3.16. The van der Waals surface area contributed by atoms with Crippen molar-refractivity contribution in [3.8, 4) is 11.3 Å². The number of hydrogen-bond acceptors (Lipinski definition) is 3. The molecule has 0 radical (unpaired) electrons. The number of hydrogen-bond donors (Lipinski definition) is 2. The maximum Gasteiger partial charge on any atom is 0.276 e. The van der Waals surface area contributed by atoms with Gasteiger partial charge in [-0.2, -0.15) is 4.52 Å². The van der Waals surface area contributed by atoms with Gasteiger partial charge in [0.15, 0.2) is 11.5 Å². The number of halogens is 1. The summed E-state index contributed by atoms with van der Waals surface area (Å²) in [7, 11) is 0. The Morgan fingerprint density at radius 3 is 2.64 bits per heavy atom. The Balaban J connectivity index is 1.75. The van der Waals surface area contributed by atoms with E-state index >= 15 is 0 Å². The smallest absolute Gasteiger partial charge is 0.276 e. The van der Waals surface area contributed by atoms with Gasteiger partial charge in [0, 0.05) is 16.5 Å². The Bertz CT molecular complexity index is 1020. The Morgan fingerprint density at radius 1 is 1.12 bits per heavy atom. The first-order valence-electron chi connectivity index (χ1n) is 8.79. The van der Waals surface area contributed by atoms with E-state index in [2.05, 4.69) is 15.4 Å². The van der Waals surface area contributed by atoms with E-state index in [1.54, 1.807) is 0 Å². The third-order valence-corrected chi connectivity index (χ3v) is 5.79. The van der Waals surface area contributed by atoms with Crippen molar-refractivity contribution in [2.24, 2.45) is 0 Å². The molecule has 6 heteroatoms. The first kappa shape index (κ1) is 14.8. The largest absolute Gasteiger partial charge is 0.317 e. The molecule has 25 heavy (non-hydrogen) atoms. The van der Waals surface area contributed by atoms with Crippen molar-refractivity contribution in [2.45, 2.75) is 31.1 Å². The summed E-state index contributed by atoms with van der Waals surface area (Å²) in [6, 6.07) is 9.21. The molecule has 1 spiro atoms. The highest BCUT2D eigenvalue weighted by molar-refractivity contribution is 5.65. The number of rotatable bonds is 1. The topological polar surface area (TPSA) is 62.2 Å². The minimum Gasteiger partial charge on any atom is -0.317 e. The first-order valence-corrected chi connectivity index (χ1v) is 8.79. The lowest BCUT2D eigenvalue weighted by Gasteiger charge is -2.33. The number of piperidine rings is 1. The molecule has 3 heterocycles. The number of fused-ring (bicyclic) bond motifs is 3. The second kappa shape index (κ2) is 5.26. The monoisotopic (exact) mass is 338 g/mol. The molecule has 0 bridgehead atoms. The molecule has 0 unspecified atom stereocenters. The number of nitrogens with one attached hydrogen (secondary N) is 2. The minimum atomic E-state index is -0.461. The van der Waals surface area contributed by atoms with Gasteiger partial charge < -0.3 is 5.32 Å². The molecule has 1 fully saturated rings. The van der Waals surface area contributed by atoms with Crippen LogP contribution in [0.3, 0.4) is 0 Å². The lowest BCUT2D eigenvalue weighted by Crippen LogP contribution is -2.42. The highest BCUT2D eigenvalue weighted by atomic mass is 19.1. The van der Waals surface area contributed by atoms with Crippen LogP contribution in [0, 0.1) is 5.82 Å². The highest BCUT2D eigenvalue weighted by Gasteiger charge is 2.43. The molecule has 2 N–H and O–H groups in total. The van der Waals surface area contributed by atoms with Gasteiger partial charge in [-0.25, -0.2) is 9.37 Å². The quantitative estimate of drug-likeness (QED) is 0.716. The Morgan fingerprint density at radius 2 is 1.88 bits per heavy atom. The summed E-state index contributed by atoms with van der Waals surface area (Å²) in [4.78, 5) is 17.7. The van der Waals surface area contributed by atoms with Crippen LogP contribution in [0.4, 0.5) is 4.39 Å². The van der Waals surface area contributed by atoms with Crippen LogP contribution in [0.5, 0.6) is 0 Å². The summed E-state index contributed by atoms with van der Waals surface area (Å²) in [6.45, 7) is 1.83. The number of aromatic nitrogens is 3. The SMILES string of the molecule is O=c1c2c(nc3c(F)c(-c4ccccc4)[nH]n13)CCC21CCNCC1. The van der Waals surface area contributed by atoms with E-state index in [0.717, 1.165) is 50.0 Å². The molecule has 1 aliphatic heterocycles. The van der Waals surface area contributed by atoms with E-state index in [9.17, 15) is 9.18 Å². The zero-order valence-corrected chi connectivity index (χ0v) is 13.8. The van der Waals surface area contributed by atoms with Crippen LogP contribution in [0.15, 0.2) is 35.1 Å². The van der Waals surface area contributed by atoms with Gasteiger partial charge in [0.05, 0.1) is 5.69 Å². The lowest BCUT2D eigenvalue weighted by molar-refractivity contribution is 0.304. The van der Waals surface area contributed by atoms with Crippen molar-refractivity contribution < 1.29 is 4.39 Å². The molecule has 128 valence electrons. The fraction of sp³-hybridized carbons (Fsp3) is 0.368. The van der Waals surface area contributed by atoms with E-state index in [-0.39, 0.29) is 16.6 Å². The van der Waals surface area contributed by atoms with Gasteiger partial charge in [0.25, 0.3) is 5.56 Å². The third-order valence-electron chi connectivity index (χ3n) is 5.79. The van der Waals surface area contributed by atoms with Gasteiger partial charge in [0.1, 0.15) is 5.69 Å². The zero-order chi connectivity index (χ0) is 17.0. The van der Waals surface area contributed by atoms with Crippen molar-refractivity contribution in [1.29, 1.82) is 0 Å². The van der Waals surface area contributed by atoms with Crippen molar-refractivity contribution in [3.63, 3.8) is 0 Å². The summed E-state index contributed by atoms with van der Waals surface area (Å²) >= 11 is 0. The minimum absolute atomic E-state index is 0.0969. The summed E-state index contributed by atoms with van der Waals surface area (Å²) in [5, 5.41) is 6.31. The van der Waals surface area contributed by atoms with Gasteiger partial charge in [-0.05, 0) is 38.8 Å². The summed E-state index contributed by atoms with van der Waals surface area (Å²) in [6.07, 6.45) is 3.58. The van der Waals surface area contributed by atoms with Gasteiger partial charge in [-0.15, -0.1) is 0 Å². The van der Waals surface area contributed by atoms with Crippen LogP contribution in [0.1, 0.15) is 30.5 Å². The molecule has 2 aliphatic rings. The number of H-pyrrole nitrogens is 1. The van der Waals surface area contributed by atoms with Crippen LogP contribution in [0.25, 0.3) is 16.9 Å². The number of nitrogens with zero attached hydrogens (tertiary/aromatic N) is 2. The van der Waals surface area contributed by atoms with Crippen molar-refractivity contribution >= 4 is 5.65 Å². The van der Waals surface area contributed by atoms with Gasteiger partial charge >= 0.3 is 0 Å². The molecule has 0 atom stereocenters.